The van der Waals surface area contributed by atoms with E-state index in [0.29, 0.717) is 11.4 Å². The number of aromatic nitrogens is 2. The zero-order chi connectivity index (χ0) is 13.1. The van der Waals surface area contributed by atoms with E-state index in [0.717, 1.165) is 11.3 Å². The van der Waals surface area contributed by atoms with Crippen LogP contribution in [-0.4, -0.2) is 26.3 Å². The molecule has 0 amide bonds. The van der Waals surface area contributed by atoms with E-state index in [1.165, 1.54) is 0 Å². The van der Waals surface area contributed by atoms with Crippen LogP contribution in [-0.2, 0) is 5.75 Å². The van der Waals surface area contributed by atoms with Crippen molar-refractivity contribution in [2.75, 3.05) is 6.61 Å². The molecule has 2 aromatic heterocycles. The van der Waals surface area contributed by atoms with Crippen LogP contribution in [0.2, 0.25) is 0 Å². The lowest BCUT2D eigenvalue weighted by molar-refractivity contribution is 0.300. The second-order valence-electron chi connectivity index (χ2n) is 4.27. The summed E-state index contributed by atoms with van der Waals surface area (Å²) in [6.07, 6.45) is 1.73. The molecule has 0 fully saturated rings. The molecule has 96 valence electrons. The average Bonchev–Trinajstić information content (AvgIpc) is 2.37. The summed E-state index contributed by atoms with van der Waals surface area (Å²) in [6.45, 7) is 4.02. The maximum atomic E-state index is 11.9. The molecule has 1 unspecified atom stereocenters. The Balaban J connectivity index is 2.36. The number of hydrogen-bond acceptors (Lipinski definition) is 4. The first-order valence-corrected chi connectivity index (χ1v) is 6.87. The molecule has 18 heavy (non-hydrogen) atoms. The van der Waals surface area contributed by atoms with Crippen molar-refractivity contribution in [2.24, 2.45) is 0 Å². The van der Waals surface area contributed by atoms with Gasteiger partial charge in [-0.25, -0.2) is 4.98 Å². The van der Waals surface area contributed by atoms with Crippen LogP contribution in [0.4, 0.5) is 0 Å². The summed E-state index contributed by atoms with van der Waals surface area (Å²) >= 11 is 1.59. The standard InChI is InChI=1S/C13H16N2O2S/c1-9-4-3-5-15-12(17)6-11(14-13(9)15)8-18-10(2)7-16/h3-6,10,16H,7-8H2,1-2H3. The van der Waals surface area contributed by atoms with Crippen molar-refractivity contribution >= 4 is 17.4 Å². The first-order chi connectivity index (χ1) is 8.61. The van der Waals surface area contributed by atoms with Crippen LogP contribution >= 0.6 is 11.8 Å². The summed E-state index contributed by atoms with van der Waals surface area (Å²) in [5.41, 5.74) is 2.39. The predicted molar refractivity (Wildman–Crippen MR) is 74.0 cm³/mol. The topological polar surface area (TPSA) is 54.6 Å². The minimum Gasteiger partial charge on any atom is -0.395 e. The van der Waals surface area contributed by atoms with Crippen LogP contribution in [0.15, 0.2) is 29.2 Å². The predicted octanol–water partition coefficient (Wildman–Crippen LogP) is 1.62. The van der Waals surface area contributed by atoms with Gasteiger partial charge >= 0.3 is 0 Å². The third kappa shape index (κ3) is 2.73. The Morgan fingerprint density at radius 1 is 1.56 bits per heavy atom. The van der Waals surface area contributed by atoms with Crippen LogP contribution < -0.4 is 5.56 Å². The second-order valence-corrected chi connectivity index (χ2v) is 5.70. The smallest absolute Gasteiger partial charge is 0.258 e. The lowest BCUT2D eigenvalue weighted by atomic mass is 10.3. The molecule has 0 radical (unpaired) electrons. The van der Waals surface area contributed by atoms with Gasteiger partial charge in [0, 0.05) is 23.3 Å². The number of rotatable bonds is 4. The van der Waals surface area contributed by atoms with Crippen molar-refractivity contribution in [1.29, 1.82) is 0 Å². The Morgan fingerprint density at radius 3 is 3.06 bits per heavy atom. The Bertz CT molecular complexity index is 609. The van der Waals surface area contributed by atoms with Gasteiger partial charge in [0.15, 0.2) is 0 Å². The van der Waals surface area contributed by atoms with E-state index in [1.54, 1.807) is 28.4 Å². The second kappa shape index (κ2) is 5.54. The van der Waals surface area contributed by atoms with Crippen molar-refractivity contribution in [3.05, 3.63) is 46.0 Å². The summed E-state index contributed by atoms with van der Waals surface area (Å²) in [4.78, 5) is 16.4. The lowest BCUT2D eigenvalue weighted by Gasteiger charge is -2.08. The van der Waals surface area contributed by atoms with E-state index in [-0.39, 0.29) is 17.4 Å². The highest BCUT2D eigenvalue weighted by Crippen LogP contribution is 2.16. The molecule has 1 atom stereocenters. The van der Waals surface area contributed by atoms with E-state index in [9.17, 15) is 4.79 Å². The quantitative estimate of drug-likeness (QED) is 0.911. The number of hydrogen-bond donors (Lipinski definition) is 1. The van der Waals surface area contributed by atoms with E-state index in [2.05, 4.69) is 4.98 Å². The first kappa shape index (κ1) is 13.1. The molecule has 0 saturated carbocycles. The van der Waals surface area contributed by atoms with Gasteiger partial charge in [0.2, 0.25) is 0 Å². The molecule has 2 heterocycles. The molecule has 0 aromatic carbocycles. The number of thioether (sulfide) groups is 1. The van der Waals surface area contributed by atoms with Crippen LogP contribution in [0.25, 0.3) is 5.65 Å². The molecule has 1 N–H and O–H groups in total. The van der Waals surface area contributed by atoms with E-state index < -0.39 is 0 Å². The molecule has 0 saturated heterocycles. The van der Waals surface area contributed by atoms with Gasteiger partial charge in [0.25, 0.3) is 5.56 Å². The fourth-order valence-electron chi connectivity index (χ4n) is 1.66. The summed E-state index contributed by atoms with van der Waals surface area (Å²) in [5.74, 6) is 0.641. The molecule has 0 spiro atoms. The molecule has 0 bridgehead atoms. The summed E-state index contributed by atoms with van der Waals surface area (Å²) in [7, 11) is 0. The summed E-state index contributed by atoms with van der Waals surface area (Å²) in [5, 5.41) is 9.13. The zero-order valence-corrected chi connectivity index (χ0v) is 11.3. The van der Waals surface area contributed by atoms with Crippen LogP contribution in [0.3, 0.4) is 0 Å². The highest BCUT2D eigenvalue weighted by Gasteiger charge is 2.06. The first-order valence-electron chi connectivity index (χ1n) is 5.82. The number of nitrogens with zero attached hydrogens (tertiary/aromatic N) is 2. The normalized spacial score (nSPS) is 12.8. The number of pyridine rings is 1. The monoisotopic (exact) mass is 264 g/mol. The Labute approximate surface area is 110 Å². The van der Waals surface area contributed by atoms with Crippen LogP contribution in [0.5, 0.6) is 0 Å². The number of fused-ring (bicyclic) bond motifs is 1. The van der Waals surface area contributed by atoms with Gasteiger partial charge in [-0.05, 0) is 18.6 Å². The fraction of sp³-hybridized carbons (Fsp3) is 0.385. The molecule has 4 nitrogen and oxygen atoms in total. The van der Waals surface area contributed by atoms with E-state index in [1.807, 2.05) is 26.0 Å². The van der Waals surface area contributed by atoms with E-state index >= 15 is 0 Å². The van der Waals surface area contributed by atoms with Crippen molar-refractivity contribution in [3.63, 3.8) is 0 Å². The van der Waals surface area contributed by atoms with Gasteiger partial charge in [-0.1, -0.05) is 13.0 Å². The molecule has 0 aliphatic rings. The summed E-state index contributed by atoms with van der Waals surface area (Å²) in [6, 6.07) is 5.34. The van der Waals surface area contributed by atoms with Crippen molar-refractivity contribution in [2.45, 2.75) is 24.9 Å². The molecule has 5 heteroatoms. The van der Waals surface area contributed by atoms with Crippen LogP contribution in [0, 0.1) is 6.92 Å². The van der Waals surface area contributed by atoms with Gasteiger partial charge in [0.05, 0.1) is 12.3 Å². The third-order valence-corrected chi connectivity index (χ3v) is 3.89. The zero-order valence-electron chi connectivity index (χ0n) is 10.5. The Morgan fingerprint density at radius 2 is 2.33 bits per heavy atom. The minimum atomic E-state index is -0.0593. The van der Waals surface area contributed by atoms with Gasteiger partial charge < -0.3 is 5.11 Å². The minimum absolute atomic E-state index is 0.0593. The highest BCUT2D eigenvalue weighted by molar-refractivity contribution is 7.99. The SMILES string of the molecule is Cc1cccn2c(=O)cc(CSC(C)CO)nc12. The lowest BCUT2D eigenvalue weighted by Crippen LogP contribution is -2.16. The Hall–Kier alpha value is -1.33. The maximum absolute atomic E-state index is 11.9. The highest BCUT2D eigenvalue weighted by atomic mass is 32.2. The van der Waals surface area contributed by atoms with Crippen molar-refractivity contribution < 1.29 is 5.11 Å². The Kier molecular flexibility index (Phi) is 4.04. The number of aryl methyl sites for hydroxylation is 1. The average molecular weight is 264 g/mol. The van der Waals surface area contributed by atoms with Crippen molar-refractivity contribution in [3.8, 4) is 0 Å². The molecular formula is C13H16N2O2S. The number of aliphatic hydroxyl groups excluding tert-OH is 1. The molecule has 0 aliphatic carbocycles. The molecular weight excluding hydrogens is 248 g/mol. The third-order valence-electron chi connectivity index (χ3n) is 2.71. The van der Waals surface area contributed by atoms with Gasteiger partial charge in [-0.15, -0.1) is 0 Å². The maximum Gasteiger partial charge on any atom is 0.258 e. The fourth-order valence-corrected chi connectivity index (χ4v) is 2.37. The number of aliphatic hydroxyl groups is 1. The molecule has 2 aromatic rings. The van der Waals surface area contributed by atoms with Gasteiger partial charge in [-0.2, -0.15) is 11.8 Å². The van der Waals surface area contributed by atoms with E-state index in [4.69, 9.17) is 5.11 Å². The molecule has 2 rings (SSSR count). The van der Waals surface area contributed by atoms with Crippen LogP contribution in [0.1, 0.15) is 18.2 Å². The van der Waals surface area contributed by atoms with Gasteiger partial charge in [-0.3, -0.25) is 9.20 Å². The van der Waals surface area contributed by atoms with Crippen molar-refractivity contribution in [1.82, 2.24) is 9.38 Å². The largest absolute Gasteiger partial charge is 0.395 e. The molecule has 0 aliphatic heterocycles. The van der Waals surface area contributed by atoms with Gasteiger partial charge in [0.1, 0.15) is 5.65 Å². The summed E-state index contributed by atoms with van der Waals surface area (Å²) < 4.78 is 1.55.